The van der Waals surface area contributed by atoms with Crippen molar-refractivity contribution in [2.75, 3.05) is 0 Å². The van der Waals surface area contributed by atoms with Crippen molar-refractivity contribution >= 4 is 0 Å². The van der Waals surface area contributed by atoms with Gasteiger partial charge in [0.15, 0.2) is 4.66 Å². The van der Waals surface area contributed by atoms with E-state index in [9.17, 15) is 0 Å². The van der Waals surface area contributed by atoms with Gasteiger partial charge in [-0.15, -0.1) is 5.90 Å². The first-order valence-corrected chi connectivity index (χ1v) is 1.21. The molecular weight excluding hydrogens is 81.5 g/mol. The van der Waals surface area contributed by atoms with Crippen LogP contribution in [0.2, 0.25) is 0 Å². The Labute approximate surface area is 27.4 Å². The molecule has 0 aliphatic rings. The van der Waals surface area contributed by atoms with E-state index in [1.807, 2.05) is 0 Å². The Balaban J connectivity index is 1.97. The van der Waals surface area contributed by atoms with Crippen LogP contribution in [0.4, 0.5) is 0 Å². The van der Waals surface area contributed by atoms with Gasteiger partial charge in [-0.2, -0.15) is 0 Å². The van der Waals surface area contributed by atoms with Crippen molar-refractivity contribution in [3.05, 3.63) is 0 Å². The molecule has 0 unspecified atom stereocenters. The van der Waals surface area contributed by atoms with Crippen LogP contribution >= 0.6 is 0 Å². The summed E-state index contributed by atoms with van der Waals surface area (Å²) in [7, 11) is 0. The molecular formula is H3ClNO2+2. The molecule has 0 atom stereocenters. The van der Waals surface area contributed by atoms with Crippen LogP contribution in [0.1, 0.15) is 0 Å². The van der Waals surface area contributed by atoms with Crippen molar-refractivity contribution in [2.45, 2.75) is 0 Å². The van der Waals surface area contributed by atoms with Crippen molar-refractivity contribution in [1.29, 1.82) is 0 Å². The summed E-state index contributed by atoms with van der Waals surface area (Å²) in [4.78, 5) is 0. The minimum atomic E-state index is 0.353. The summed E-state index contributed by atoms with van der Waals surface area (Å²) in [6.45, 7) is 0. The third-order valence-corrected chi connectivity index (χ3v) is 0.134. The highest BCUT2D eigenvalue weighted by Gasteiger charge is 1.96. The smallest absolute Gasteiger partial charge is 0.147 e. The maximum absolute atomic E-state index is 8.88. The molecule has 0 aromatic rings. The van der Waals surface area contributed by atoms with Gasteiger partial charge in [-0.05, 0) is 0 Å². The minimum absolute atomic E-state index is 0.353. The largest absolute Gasteiger partial charge is 0.664 e. The van der Waals surface area contributed by atoms with E-state index in [0.717, 1.165) is 0 Å². The van der Waals surface area contributed by atoms with E-state index in [2.05, 4.69) is 10.3 Å². The van der Waals surface area contributed by atoms with Crippen LogP contribution < -0.4 is 5.90 Å². The van der Waals surface area contributed by atoms with Crippen molar-refractivity contribution in [3.8, 4) is 0 Å². The van der Waals surface area contributed by atoms with Gasteiger partial charge in [0.05, 0.1) is 0 Å². The Bertz CT molecular complexity index is 8.00. The summed E-state index contributed by atoms with van der Waals surface area (Å²) in [5, 5.41) is 0. The van der Waals surface area contributed by atoms with Crippen molar-refractivity contribution in [2.24, 2.45) is 0 Å². The average molecular weight is 84.5 g/mol. The fourth-order valence-corrected chi connectivity index (χ4v) is 0. The van der Waals surface area contributed by atoms with E-state index in [4.69, 9.17) is 4.66 Å². The molecule has 0 aliphatic heterocycles. The van der Waals surface area contributed by atoms with Crippen LogP contribution in [0.15, 0.2) is 0 Å². The van der Waals surface area contributed by atoms with Crippen LogP contribution in [0.25, 0.3) is 0 Å². The Morgan fingerprint density at radius 1 is 2.00 bits per heavy atom. The quantitative estimate of drug-likeness (QED) is 0.387. The van der Waals surface area contributed by atoms with Crippen molar-refractivity contribution < 1.29 is 26.3 Å². The molecule has 3 N–H and O–H groups in total. The molecule has 4 heteroatoms. The van der Waals surface area contributed by atoms with Gasteiger partial charge in [-0.1, -0.05) is 0 Å². The molecule has 4 heavy (non-hydrogen) atoms. The molecule has 0 aliphatic carbocycles. The molecule has 0 amide bonds. The van der Waals surface area contributed by atoms with Gasteiger partial charge in [-0.3, -0.25) is 0 Å². The van der Waals surface area contributed by atoms with Gasteiger partial charge in [0.1, 0.15) is 4.39 Å². The Kier molecular flexibility index (Phi) is 3.30. The molecule has 0 rings (SSSR count). The standard InChI is InChI=1S/ClH3NO2/c2-4-1-3/h2H3/q+2. The van der Waals surface area contributed by atoms with Gasteiger partial charge in [0.2, 0.25) is 0 Å². The van der Waals surface area contributed by atoms with Gasteiger partial charge >= 0.3 is 11.3 Å². The highest BCUT2D eigenvalue weighted by molar-refractivity contribution is 2.20. The summed E-state index contributed by atoms with van der Waals surface area (Å²) in [6.07, 6.45) is 0. The number of hydrogen-bond donors (Lipinski definition) is 1. The fourth-order valence-electron chi connectivity index (χ4n) is 0. The summed E-state index contributed by atoms with van der Waals surface area (Å²) in [5.41, 5.74) is 0. The minimum Gasteiger partial charge on any atom is -0.147 e. The lowest BCUT2D eigenvalue weighted by molar-refractivity contribution is -1.21. The Morgan fingerprint density at radius 3 is 2.25 bits per heavy atom. The molecule has 3 nitrogen and oxygen atoms in total. The molecule has 0 heterocycles. The normalized spacial score (nSPS) is 7.50. The molecule has 0 fully saturated rings. The second kappa shape index (κ2) is 3.17. The van der Waals surface area contributed by atoms with Gasteiger partial charge < -0.3 is 0 Å². The van der Waals surface area contributed by atoms with E-state index in [1.54, 1.807) is 0 Å². The van der Waals surface area contributed by atoms with E-state index >= 15 is 0 Å². The summed E-state index contributed by atoms with van der Waals surface area (Å²) in [5.74, 6) is 2.73. The summed E-state index contributed by atoms with van der Waals surface area (Å²) >= 11 is 0.353. The highest BCUT2D eigenvalue weighted by atomic mass is 35.6. The first-order valence-electron chi connectivity index (χ1n) is 0.597. The van der Waals surface area contributed by atoms with Crippen LogP contribution in [0, 0.1) is 11.3 Å². The lowest BCUT2D eigenvalue weighted by Crippen LogP contribution is -2.47. The monoisotopic (exact) mass is 84.0 g/mol. The third kappa shape index (κ3) is 2.17. The summed E-state index contributed by atoms with van der Waals surface area (Å²) in [6, 6.07) is 0. The van der Waals surface area contributed by atoms with E-state index in [1.165, 1.54) is 0 Å². The zero-order valence-electron chi connectivity index (χ0n) is 1.90. The number of quaternary nitrogens is 1. The highest BCUT2D eigenvalue weighted by Crippen LogP contribution is 1.45. The van der Waals surface area contributed by atoms with Gasteiger partial charge in [-0.25, -0.2) is 0 Å². The zero-order chi connectivity index (χ0) is 3.41. The third-order valence-electron chi connectivity index (χ3n) is 0.0445. The van der Waals surface area contributed by atoms with Crippen LogP contribution in [0.3, 0.4) is 0 Å². The maximum Gasteiger partial charge on any atom is 0.664 e. The predicted octanol–water partition coefficient (Wildman–Crippen LogP) is -1.49. The van der Waals surface area contributed by atoms with E-state index < -0.39 is 0 Å². The Morgan fingerprint density at radius 2 is 2.25 bits per heavy atom. The van der Waals surface area contributed by atoms with Crippen molar-refractivity contribution in [1.82, 2.24) is 0 Å². The van der Waals surface area contributed by atoms with Gasteiger partial charge in [0.25, 0.3) is 0 Å². The first kappa shape index (κ1) is 4.17. The van der Waals surface area contributed by atoms with Crippen LogP contribution in [0.5, 0.6) is 0 Å². The number of halogens is 1. The molecule has 0 aromatic carbocycles. The molecule has 0 saturated carbocycles. The molecule has 0 saturated heterocycles. The van der Waals surface area contributed by atoms with Crippen LogP contribution in [-0.2, 0) is 9.05 Å². The fraction of sp³-hybridized carbons (Fsp3) is 0. The molecule has 0 aromatic heterocycles. The van der Waals surface area contributed by atoms with Crippen molar-refractivity contribution in [3.63, 3.8) is 0 Å². The molecule has 1 radical (unpaired) electrons. The zero-order valence-corrected chi connectivity index (χ0v) is 2.66. The van der Waals surface area contributed by atoms with E-state index in [0.29, 0.717) is 11.3 Å². The topological polar surface area (TPSA) is 56.8 Å². The van der Waals surface area contributed by atoms with Crippen LogP contribution in [-0.4, -0.2) is 0 Å². The lowest BCUT2D eigenvalue weighted by atomic mass is 13.6. The summed E-state index contributed by atoms with van der Waals surface area (Å²) < 4.78 is 12.5. The first-order chi connectivity index (χ1) is 1.91. The molecule has 0 spiro atoms. The maximum atomic E-state index is 8.88. The number of rotatable bonds is 1. The Hall–Kier alpha value is 0.170. The lowest BCUT2D eigenvalue weighted by Gasteiger charge is -1.38. The van der Waals surface area contributed by atoms with Gasteiger partial charge in [0, 0.05) is 0 Å². The number of hydrogen-bond acceptors (Lipinski definition) is 1. The second-order valence-corrected chi connectivity index (χ2v) is 0.516. The average Bonchev–Trinajstić information content (AvgIpc) is 1.37. The second-order valence-electron chi connectivity index (χ2n) is 0.172. The molecule has 0 bridgehead atoms. The SMILES string of the molecule is [NH3+]O[Cl+][O]. The molecule has 25 valence electrons. The van der Waals surface area contributed by atoms with E-state index in [-0.39, 0.29) is 0 Å². The predicted molar refractivity (Wildman–Crippen MR) is 4.66 cm³/mol.